The molecule has 0 saturated carbocycles. The topological polar surface area (TPSA) is 145 Å². The van der Waals surface area contributed by atoms with Crippen molar-refractivity contribution < 1.29 is 34.1 Å². The first-order valence-corrected chi connectivity index (χ1v) is 8.84. The second kappa shape index (κ2) is 9.03. The lowest BCUT2D eigenvalue weighted by Crippen LogP contribution is -2.56. The molecule has 0 aromatic rings. The zero-order valence-corrected chi connectivity index (χ0v) is 16.3. The number of rotatable bonds is 6. The molecule has 0 radical (unpaired) electrons. The zero-order chi connectivity index (χ0) is 20.9. The van der Waals surface area contributed by atoms with Gasteiger partial charge in [0, 0.05) is 6.54 Å². The molecule has 1 aliphatic heterocycles. The Morgan fingerprint density at radius 1 is 1.15 bits per heavy atom. The summed E-state index contributed by atoms with van der Waals surface area (Å²) < 4.78 is 5.29. The first kappa shape index (κ1) is 22.7. The minimum atomic E-state index is -1.48. The zero-order valence-electron chi connectivity index (χ0n) is 16.3. The number of hydrogen-bond acceptors (Lipinski definition) is 6. The van der Waals surface area contributed by atoms with E-state index in [1.54, 1.807) is 20.8 Å². The predicted molar refractivity (Wildman–Crippen MR) is 94.8 cm³/mol. The summed E-state index contributed by atoms with van der Waals surface area (Å²) in [4.78, 5) is 49.2. The largest absolute Gasteiger partial charge is 0.480 e. The van der Waals surface area contributed by atoms with Crippen molar-refractivity contribution in [2.24, 2.45) is 0 Å². The van der Waals surface area contributed by atoms with Crippen LogP contribution in [0.4, 0.5) is 4.79 Å². The Balaban J connectivity index is 2.69. The number of amides is 3. The van der Waals surface area contributed by atoms with Crippen LogP contribution >= 0.6 is 0 Å². The Morgan fingerprint density at radius 3 is 2.22 bits per heavy atom. The number of aliphatic hydroxyl groups excluding tert-OH is 1. The fraction of sp³-hybridized carbons (Fsp3) is 0.765. The van der Waals surface area contributed by atoms with Gasteiger partial charge in [-0.05, 0) is 47.5 Å². The van der Waals surface area contributed by atoms with Gasteiger partial charge in [-0.25, -0.2) is 9.59 Å². The highest BCUT2D eigenvalue weighted by atomic mass is 16.6. The molecule has 0 aromatic carbocycles. The van der Waals surface area contributed by atoms with Gasteiger partial charge in [-0.15, -0.1) is 0 Å². The highest BCUT2D eigenvalue weighted by molar-refractivity contribution is 5.92. The maximum atomic E-state index is 12.5. The normalized spacial score (nSPS) is 20.4. The van der Waals surface area contributed by atoms with Gasteiger partial charge in [-0.1, -0.05) is 0 Å². The van der Waals surface area contributed by atoms with Gasteiger partial charge >= 0.3 is 12.1 Å². The van der Waals surface area contributed by atoms with Crippen LogP contribution in [0.3, 0.4) is 0 Å². The minimum absolute atomic E-state index is 0.372. The minimum Gasteiger partial charge on any atom is -0.480 e. The Morgan fingerprint density at radius 2 is 1.74 bits per heavy atom. The van der Waals surface area contributed by atoms with Crippen LogP contribution in [-0.4, -0.2) is 75.4 Å². The van der Waals surface area contributed by atoms with Crippen LogP contribution < -0.4 is 10.6 Å². The van der Waals surface area contributed by atoms with Gasteiger partial charge in [0.2, 0.25) is 11.8 Å². The SMILES string of the molecule is C[C@H](NC(=O)[C@@H]1CCCN1C(=O)OC(C)(C)C)C(=O)N[C@H](C(=O)O)[C@@H](C)O. The number of aliphatic hydroxyl groups is 1. The molecule has 0 bridgehead atoms. The van der Waals surface area contributed by atoms with Crippen molar-refractivity contribution in [2.45, 2.75) is 77.3 Å². The Bertz CT molecular complexity index is 586. The molecule has 27 heavy (non-hydrogen) atoms. The number of nitrogens with zero attached hydrogens (tertiary/aromatic N) is 1. The fourth-order valence-corrected chi connectivity index (χ4v) is 2.62. The second-order valence-electron chi connectivity index (χ2n) is 7.63. The summed E-state index contributed by atoms with van der Waals surface area (Å²) in [6.07, 6.45) is -0.838. The average Bonchev–Trinajstić information content (AvgIpc) is 2.99. The summed E-state index contributed by atoms with van der Waals surface area (Å²) in [7, 11) is 0. The number of ether oxygens (including phenoxy) is 1. The van der Waals surface area contributed by atoms with Crippen molar-refractivity contribution in [1.82, 2.24) is 15.5 Å². The van der Waals surface area contributed by atoms with Gasteiger partial charge in [0.05, 0.1) is 6.10 Å². The number of likely N-dealkylation sites (tertiary alicyclic amines) is 1. The number of carboxylic acids is 1. The van der Waals surface area contributed by atoms with Crippen LogP contribution in [0.5, 0.6) is 0 Å². The lowest BCUT2D eigenvalue weighted by atomic mass is 10.1. The van der Waals surface area contributed by atoms with Crippen molar-refractivity contribution in [2.75, 3.05) is 6.54 Å². The number of aliphatic carboxylic acids is 1. The van der Waals surface area contributed by atoms with Crippen LogP contribution in [0.15, 0.2) is 0 Å². The van der Waals surface area contributed by atoms with E-state index in [2.05, 4.69) is 10.6 Å². The van der Waals surface area contributed by atoms with Crippen LogP contribution in [0.1, 0.15) is 47.5 Å². The third kappa shape index (κ3) is 6.70. The lowest BCUT2D eigenvalue weighted by molar-refractivity contribution is -0.145. The average molecular weight is 387 g/mol. The molecule has 0 aromatic heterocycles. The van der Waals surface area contributed by atoms with E-state index in [1.165, 1.54) is 18.7 Å². The highest BCUT2D eigenvalue weighted by Crippen LogP contribution is 2.21. The molecule has 10 nitrogen and oxygen atoms in total. The maximum Gasteiger partial charge on any atom is 0.410 e. The fourth-order valence-electron chi connectivity index (χ4n) is 2.62. The number of nitrogens with one attached hydrogen (secondary N) is 2. The Kier molecular flexibility index (Phi) is 7.58. The quantitative estimate of drug-likeness (QED) is 0.495. The summed E-state index contributed by atoms with van der Waals surface area (Å²) in [5.74, 6) is -2.66. The summed E-state index contributed by atoms with van der Waals surface area (Å²) in [6.45, 7) is 8.17. The smallest absolute Gasteiger partial charge is 0.410 e. The summed E-state index contributed by atoms with van der Waals surface area (Å²) in [6, 6.07) is -3.29. The van der Waals surface area contributed by atoms with E-state index in [4.69, 9.17) is 9.84 Å². The van der Waals surface area contributed by atoms with Crippen LogP contribution in [0, 0.1) is 0 Å². The monoisotopic (exact) mass is 387 g/mol. The molecule has 4 N–H and O–H groups in total. The number of hydrogen-bond donors (Lipinski definition) is 4. The third-order valence-corrected chi connectivity index (χ3v) is 3.98. The van der Waals surface area contributed by atoms with Crippen molar-refractivity contribution in [3.05, 3.63) is 0 Å². The Hall–Kier alpha value is -2.36. The number of carboxylic acid groups (broad SMARTS) is 1. The summed E-state index contributed by atoms with van der Waals surface area (Å²) in [5, 5.41) is 23.1. The molecule has 0 spiro atoms. The van der Waals surface area contributed by atoms with Gasteiger partial charge in [-0.2, -0.15) is 0 Å². The first-order valence-electron chi connectivity index (χ1n) is 8.84. The molecule has 1 saturated heterocycles. The van der Waals surface area contributed by atoms with E-state index in [0.717, 1.165) is 0 Å². The number of carbonyl (C=O) groups is 4. The molecule has 4 atom stereocenters. The summed E-state index contributed by atoms with van der Waals surface area (Å²) >= 11 is 0. The van der Waals surface area contributed by atoms with Crippen molar-refractivity contribution in [1.29, 1.82) is 0 Å². The molecule has 154 valence electrons. The molecular weight excluding hydrogens is 358 g/mol. The van der Waals surface area contributed by atoms with Crippen molar-refractivity contribution >= 4 is 23.9 Å². The summed E-state index contributed by atoms with van der Waals surface area (Å²) in [5.41, 5.74) is -0.694. The molecule has 3 amide bonds. The molecule has 1 fully saturated rings. The standard InChI is InChI=1S/C17H29N3O7/c1-9(13(22)19-12(10(2)21)15(24)25)18-14(23)11-7-6-8-20(11)16(26)27-17(3,4)5/h9-12,21H,6-8H2,1-5H3,(H,18,23)(H,19,22)(H,24,25)/t9-,10+,11-,12-/m0/s1. The van der Waals surface area contributed by atoms with Crippen LogP contribution in [0.25, 0.3) is 0 Å². The van der Waals surface area contributed by atoms with Crippen LogP contribution in [0.2, 0.25) is 0 Å². The van der Waals surface area contributed by atoms with E-state index in [9.17, 15) is 24.3 Å². The van der Waals surface area contributed by atoms with Crippen molar-refractivity contribution in [3.63, 3.8) is 0 Å². The molecule has 1 rings (SSSR count). The van der Waals surface area contributed by atoms with E-state index >= 15 is 0 Å². The highest BCUT2D eigenvalue weighted by Gasteiger charge is 2.37. The molecule has 0 aliphatic carbocycles. The van der Waals surface area contributed by atoms with Gasteiger partial charge in [0.1, 0.15) is 17.7 Å². The first-order chi connectivity index (χ1) is 12.3. The molecule has 10 heteroatoms. The van der Waals surface area contributed by atoms with Gasteiger partial charge in [0.25, 0.3) is 0 Å². The second-order valence-corrected chi connectivity index (χ2v) is 7.63. The lowest BCUT2D eigenvalue weighted by Gasteiger charge is -2.28. The third-order valence-electron chi connectivity index (χ3n) is 3.98. The van der Waals surface area contributed by atoms with E-state index in [-0.39, 0.29) is 0 Å². The molecular formula is C17H29N3O7. The van der Waals surface area contributed by atoms with Gasteiger partial charge in [-0.3, -0.25) is 14.5 Å². The van der Waals surface area contributed by atoms with E-state index in [0.29, 0.717) is 19.4 Å². The molecule has 1 aliphatic rings. The van der Waals surface area contributed by atoms with Crippen molar-refractivity contribution in [3.8, 4) is 0 Å². The van der Waals surface area contributed by atoms with E-state index in [1.807, 2.05) is 0 Å². The predicted octanol–water partition coefficient (Wildman–Crippen LogP) is -0.159. The molecule has 1 heterocycles. The maximum absolute atomic E-state index is 12.5. The number of carbonyl (C=O) groups excluding carboxylic acids is 3. The van der Waals surface area contributed by atoms with E-state index < -0.39 is 53.7 Å². The molecule has 0 unspecified atom stereocenters. The van der Waals surface area contributed by atoms with Gasteiger partial charge in [0.15, 0.2) is 6.04 Å². The Labute approximate surface area is 158 Å². The van der Waals surface area contributed by atoms with Gasteiger partial charge < -0.3 is 25.6 Å². The van der Waals surface area contributed by atoms with Crippen LogP contribution in [-0.2, 0) is 19.1 Å².